The summed E-state index contributed by atoms with van der Waals surface area (Å²) in [6, 6.07) is 17.2. The van der Waals surface area contributed by atoms with E-state index in [1.807, 2.05) is 6.07 Å². The lowest BCUT2D eigenvalue weighted by molar-refractivity contribution is 0.101. The average molecular weight is 318 g/mol. The maximum Gasteiger partial charge on any atom is 0.274 e. The molecule has 0 saturated carbocycles. The minimum absolute atomic E-state index is 0.242. The first-order valence-electron chi connectivity index (χ1n) is 7.27. The van der Waals surface area contributed by atoms with Crippen LogP contribution in [0.2, 0.25) is 0 Å². The first-order chi connectivity index (χ1) is 11.7. The van der Waals surface area contributed by atoms with Crippen molar-refractivity contribution >= 4 is 23.3 Å². The van der Waals surface area contributed by atoms with Crippen LogP contribution in [0.5, 0.6) is 0 Å². The first kappa shape index (κ1) is 15.4. The Balaban J connectivity index is 1.63. The number of hydrogen-bond donors (Lipinski definition) is 2. The molecule has 2 heterocycles. The van der Waals surface area contributed by atoms with Crippen LogP contribution in [-0.4, -0.2) is 21.8 Å². The summed E-state index contributed by atoms with van der Waals surface area (Å²) in [5.41, 5.74) is 1.38. The first-order valence-corrected chi connectivity index (χ1v) is 7.27. The summed E-state index contributed by atoms with van der Waals surface area (Å²) < 4.78 is 0. The van der Waals surface area contributed by atoms with Gasteiger partial charge in [-0.2, -0.15) is 0 Å². The van der Waals surface area contributed by atoms with Crippen LogP contribution in [0.3, 0.4) is 0 Å². The van der Waals surface area contributed by atoms with Crippen molar-refractivity contribution in [3.8, 4) is 0 Å². The Morgan fingerprint density at radius 3 is 2.21 bits per heavy atom. The number of hydrogen-bond acceptors (Lipinski definition) is 4. The molecule has 3 rings (SSSR count). The lowest BCUT2D eigenvalue weighted by Gasteiger charge is -2.07. The second-order valence-corrected chi connectivity index (χ2v) is 4.92. The van der Waals surface area contributed by atoms with Gasteiger partial charge in [0.05, 0.1) is 11.9 Å². The van der Waals surface area contributed by atoms with E-state index < -0.39 is 0 Å². The molecule has 0 aliphatic carbocycles. The third-order valence-electron chi connectivity index (χ3n) is 3.20. The molecule has 0 aliphatic rings. The fourth-order valence-electron chi connectivity index (χ4n) is 2.01. The number of pyridine rings is 2. The number of rotatable bonds is 4. The summed E-state index contributed by atoms with van der Waals surface area (Å²) in [5, 5.41) is 5.39. The molecule has 2 N–H and O–H groups in total. The van der Waals surface area contributed by atoms with E-state index in [0.29, 0.717) is 22.8 Å². The van der Waals surface area contributed by atoms with Crippen LogP contribution in [0.1, 0.15) is 20.8 Å². The van der Waals surface area contributed by atoms with E-state index in [1.54, 1.807) is 60.8 Å². The van der Waals surface area contributed by atoms with E-state index >= 15 is 0 Å². The number of benzene rings is 1. The Bertz CT molecular complexity index is 761. The summed E-state index contributed by atoms with van der Waals surface area (Å²) >= 11 is 0. The lowest BCUT2D eigenvalue weighted by atomic mass is 10.2. The van der Waals surface area contributed by atoms with Crippen LogP contribution in [0.15, 0.2) is 73.1 Å². The minimum Gasteiger partial charge on any atom is -0.319 e. The Hall–Kier alpha value is -3.54. The topological polar surface area (TPSA) is 84.0 Å². The van der Waals surface area contributed by atoms with Crippen molar-refractivity contribution in [2.45, 2.75) is 0 Å². The van der Waals surface area contributed by atoms with Gasteiger partial charge in [-0.25, -0.2) is 4.98 Å². The normalized spacial score (nSPS) is 10.0. The Morgan fingerprint density at radius 2 is 1.54 bits per heavy atom. The van der Waals surface area contributed by atoms with Crippen molar-refractivity contribution in [1.29, 1.82) is 0 Å². The SMILES string of the molecule is O=C(Nc1ccc(NC(=O)c2ccccn2)cn1)c1ccccc1. The second-order valence-electron chi connectivity index (χ2n) is 4.92. The second kappa shape index (κ2) is 7.15. The molecular weight excluding hydrogens is 304 g/mol. The van der Waals surface area contributed by atoms with E-state index in [0.717, 1.165) is 0 Å². The molecule has 0 saturated heterocycles. The number of amides is 2. The third-order valence-corrected chi connectivity index (χ3v) is 3.20. The van der Waals surface area contributed by atoms with Crippen molar-refractivity contribution in [1.82, 2.24) is 9.97 Å². The molecule has 3 aromatic rings. The number of carbonyl (C=O) groups excluding carboxylic acids is 2. The van der Waals surface area contributed by atoms with Gasteiger partial charge in [-0.05, 0) is 36.4 Å². The highest BCUT2D eigenvalue weighted by Crippen LogP contribution is 2.12. The highest BCUT2D eigenvalue weighted by molar-refractivity contribution is 6.04. The van der Waals surface area contributed by atoms with E-state index in [2.05, 4.69) is 20.6 Å². The molecule has 0 spiro atoms. The zero-order valence-corrected chi connectivity index (χ0v) is 12.6. The molecule has 1 aromatic carbocycles. The third kappa shape index (κ3) is 3.80. The molecule has 0 fully saturated rings. The van der Waals surface area contributed by atoms with Gasteiger partial charge >= 0.3 is 0 Å². The largest absolute Gasteiger partial charge is 0.319 e. The number of nitrogens with zero attached hydrogens (tertiary/aromatic N) is 2. The molecular formula is C18H14N4O2. The molecule has 0 atom stereocenters. The molecule has 0 aliphatic heterocycles. The molecule has 2 aromatic heterocycles. The van der Waals surface area contributed by atoms with E-state index in [1.165, 1.54) is 6.20 Å². The van der Waals surface area contributed by atoms with Crippen LogP contribution in [-0.2, 0) is 0 Å². The summed E-state index contributed by atoms with van der Waals surface area (Å²) in [6.07, 6.45) is 3.02. The lowest BCUT2D eigenvalue weighted by Crippen LogP contribution is -2.15. The molecule has 6 nitrogen and oxygen atoms in total. The van der Waals surface area contributed by atoms with Gasteiger partial charge in [-0.3, -0.25) is 14.6 Å². The van der Waals surface area contributed by atoms with Crippen molar-refractivity contribution in [2.24, 2.45) is 0 Å². The van der Waals surface area contributed by atoms with E-state index in [-0.39, 0.29) is 11.8 Å². The smallest absolute Gasteiger partial charge is 0.274 e. The molecule has 2 amide bonds. The van der Waals surface area contributed by atoms with Gasteiger partial charge in [0.15, 0.2) is 0 Å². The van der Waals surface area contributed by atoms with Crippen LogP contribution in [0.4, 0.5) is 11.5 Å². The average Bonchev–Trinajstić information content (AvgIpc) is 2.65. The van der Waals surface area contributed by atoms with Gasteiger partial charge in [-0.1, -0.05) is 24.3 Å². The highest BCUT2D eigenvalue weighted by Gasteiger charge is 2.08. The Morgan fingerprint density at radius 1 is 0.750 bits per heavy atom. The molecule has 0 bridgehead atoms. The van der Waals surface area contributed by atoms with Crippen molar-refractivity contribution in [2.75, 3.05) is 10.6 Å². The minimum atomic E-state index is -0.321. The van der Waals surface area contributed by atoms with Gasteiger partial charge in [0, 0.05) is 11.8 Å². The number of carbonyl (C=O) groups is 2. The predicted octanol–water partition coefficient (Wildman–Crippen LogP) is 2.98. The number of aromatic nitrogens is 2. The van der Waals surface area contributed by atoms with Crippen LogP contribution >= 0.6 is 0 Å². The van der Waals surface area contributed by atoms with Gasteiger partial charge in [0.1, 0.15) is 11.5 Å². The maximum absolute atomic E-state index is 12.0. The van der Waals surface area contributed by atoms with Crippen LogP contribution < -0.4 is 10.6 Å². The molecule has 0 radical (unpaired) electrons. The zero-order valence-electron chi connectivity index (χ0n) is 12.6. The van der Waals surface area contributed by atoms with Crippen molar-refractivity contribution in [3.63, 3.8) is 0 Å². The van der Waals surface area contributed by atoms with Crippen molar-refractivity contribution in [3.05, 3.63) is 84.3 Å². The van der Waals surface area contributed by atoms with Gasteiger partial charge in [-0.15, -0.1) is 0 Å². The quantitative estimate of drug-likeness (QED) is 0.774. The zero-order chi connectivity index (χ0) is 16.8. The predicted molar refractivity (Wildman–Crippen MR) is 90.8 cm³/mol. The highest BCUT2D eigenvalue weighted by atomic mass is 16.2. The molecule has 118 valence electrons. The van der Waals surface area contributed by atoms with E-state index in [4.69, 9.17) is 0 Å². The van der Waals surface area contributed by atoms with Gasteiger partial charge < -0.3 is 10.6 Å². The summed E-state index contributed by atoms with van der Waals surface area (Å²) in [7, 11) is 0. The summed E-state index contributed by atoms with van der Waals surface area (Å²) in [4.78, 5) is 32.1. The molecule has 24 heavy (non-hydrogen) atoms. The summed E-state index contributed by atoms with van der Waals surface area (Å²) in [5.74, 6) is -0.161. The van der Waals surface area contributed by atoms with Gasteiger partial charge in [0.25, 0.3) is 11.8 Å². The Labute approximate surface area is 138 Å². The van der Waals surface area contributed by atoms with E-state index in [9.17, 15) is 9.59 Å². The summed E-state index contributed by atoms with van der Waals surface area (Å²) in [6.45, 7) is 0. The maximum atomic E-state index is 12.0. The van der Waals surface area contributed by atoms with Crippen LogP contribution in [0, 0.1) is 0 Å². The fraction of sp³-hybridized carbons (Fsp3) is 0. The standard InChI is InChI=1S/C18H14N4O2/c23-17(13-6-2-1-3-7-13)22-16-10-9-14(12-20-16)21-18(24)15-8-4-5-11-19-15/h1-12H,(H,21,24)(H,20,22,23). The number of anilines is 2. The monoisotopic (exact) mass is 318 g/mol. The van der Waals surface area contributed by atoms with Crippen LogP contribution in [0.25, 0.3) is 0 Å². The van der Waals surface area contributed by atoms with Gasteiger partial charge in [0.2, 0.25) is 0 Å². The van der Waals surface area contributed by atoms with Crippen molar-refractivity contribution < 1.29 is 9.59 Å². The Kier molecular flexibility index (Phi) is 4.57. The molecule has 0 unspecified atom stereocenters. The fourth-order valence-corrected chi connectivity index (χ4v) is 2.01. The number of nitrogens with one attached hydrogen (secondary N) is 2. The molecule has 6 heteroatoms.